The van der Waals surface area contributed by atoms with Gasteiger partial charge in [0, 0.05) is 13.6 Å². The minimum atomic E-state index is 1.04. The number of unbranched alkanes of at least 4 members (excludes halogenated alkanes) is 1. The van der Waals surface area contributed by atoms with Gasteiger partial charge in [0.25, 0.3) is 0 Å². The maximum Gasteiger partial charge on any atom is 0.0756 e. The normalized spacial score (nSPS) is 10.2. The van der Waals surface area contributed by atoms with E-state index in [-0.39, 0.29) is 0 Å². The van der Waals surface area contributed by atoms with E-state index in [4.69, 9.17) is 0 Å². The number of hydrogen-bond acceptors (Lipinski definition) is 2. The van der Waals surface area contributed by atoms with Crippen molar-refractivity contribution in [2.24, 2.45) is 7.05 Å². The fourth-order valence-electron chi connectivity index (χ4n) is 1.07. The lowest BCUT2D eigenvalue weighted by Crippen LogP contribution is -2.02. The third kappa shape index (κ3) is 2.00. The molecule has 68 valence electrons. The molecule has 0 aromatic carbocycles. The molecule has 0 radical (unpaired) electrons. The lowest BCUT2D eigenvalue weighted by molar-refractivity contribution is 0.740. The summed E-state index contributed by atoms with van der Waals surface area (Å²) in [4.78, 5) is 0. The van der Waals surface area contributed by atoms with Crippen molar-refractivity contribution in [3.63, 3.8) is 0 Å². The maximum absolute atomic E-state index is 4.15. The summed E-state index contributed by atoms with van der Waals surface area (Å²) in [6.45, 7) is 5.31. The molecule has 1 heterocycles. The predicted molar refractivity (Wildman–Crippen MR) is 51.3 cm³/mol. The zero-order chi connectivity index (χ0) is 8.97. The first-order chi connectivity index (χ1) is 5.75. The summed E-state index contributed by atoms with van der Waals surface area (Å²) in [5.74, 6) is 0. The molecule has 1 aromatic heterocycles. The minimum Gasteiger partial charge on any atom is -0.382 e. The molecule has 1 aromatic rings. The third-order valence-electron chi connectivity index (χ3n) is 2.08. The van der Waals surface area contributed by atoms with Crippen LogP contribution in [0.1, 0.15) is 25.5 Å². The highest BCUT2D eigenvalue weighted by Crippen LogP contribution is 2.11. The molecule has 0 saturated carbocycles. The quantitative estimate of drug-likeness (QED) is 0.694. The average molecular weight is 167 g/mol. The molecule has 0 aliphatic carbocycles. The molecular weight excluding hydrogens is 150 g/mol. The molecule has 0 bridgehead atoms. The fraction of sp³-hybridized carbons (Fsp3) is 0.667. The van der Waals surface area contributed by atoms with Crippen LogP contribution in [0.15, 0.2) is 6.20 Å². The van der Waals surface area contributed by atoms with Crippen LogP contribution in [0, 0.1) is 6.92 Å². The lowest BCUT2D eigenvalue weighted by atomic mass is 10.3. The van der Waals surface area contributed by atoms with Gasteiger partial charge in [-0.2, -0.15) is 5.10 Å². The van der Waals surface area contributed by atoms with Gasteiger partial charge < -0.3 is 5.32 Å². The Hall–Kier alpha value is -0.990. The van der Waals surface area contributed by atoms with Crippen molar-refractivity contribution in [3.05, 3.63) is 11.9 Å². The van der Waals surface area contributed by atoms with E-state index < -0.39 is 0 Å². The molecule has 0 spiro atoms. The SMILES string of the molecule is CCCCNc1cnn(C)c1C. The third-order valence-corrected chi connectivity index (χ3v) is 2.08. The van der Waals surface area contributed by atoms with E-state index in [2.05, 4.69) is 24.3 Å². The number of anilines is 1. The van der Waals surface area contributed by atoms with Crippen molar-refractivity contribution in [2.45, 2.75) is 26.7 Å². The maximum atomic E-state index is 4.15. The monoisotopic (exact) mass is 167 g/mol. The smallest absolute Gasteiger partial charge is 0.0756 e. The van der Waals surface area contributed by atoms with E-state index in [1.807, 2.05) is 17.9 Å². The van der Waals surface area contributed by atoms with Crippen LogP contribution in [0.25, 0.3) is 0 Å². The Morgan fingerprint density at radius 3 is 2.83 bits per heavy atom. The number of nitrogens with one attached hydrogen (secondary N) is 1. The van der Waals surface area contributed by atoms with E-state index in [1.165, 1.54) is 18.5 Å². The fourth-order valence-corrected chi connectivity index (χ4v) is 1.07. The Morgan fingerprint density at radius 2 is 2.33 bits per heavy atom. The van der Waals surface area contributed by atoms with E-state index >= 15 is 0 Å². The molecular formula is C9H17N3. The molecule has 0 unspecified atom stereocenters. The van der Waals surface area contributed by atoms with E-state index in [1.54, 1.807) is 0 Å². The van der Waals surface area contributed by atoms with Crippen molar-refractivity contribution in [1.29, 1.82) is 0 Å². The first kappa shape index (κ1) is 9.10. The Labute approximate surface area is 73.8 Å². The molecule has 0 aliphatic rings. The van der Waals surface area contributed by atoms with Crippen LogP contribution < -0.4 is 5.32 Å². The second kappa shape index (κ2) is 4.14. The summed E-state index contributed by atoms with van der Waals surface area (Å²) in [5.41, 5.74) is 2.36. The summed E-state index contributed by atoms with van der Waals surface area (Å²) in [6, 6.07) is 0. The van der Waals surface area contributed by atoms with E-state index in [0.29, 0.717) is 0 Å². The second-order valence-electron chi connectivity index (χ2n) is 3.05. The number of nitrogens with zero attached hydrogens (tertiary/aromatic N) is 2. The topological polar surface area (TPSA) is 29.9 Å². The van der Waals surface area contributed by atoms with Gasteiger partial charge in [0.1, 0.15) is 0 Å². The van der Waals surface area contributed by atoms with Crippen LogP contribution in [0.5, 0.6) is 0 Å². The predicted octanol–water partition coefficient (Wildman–Crippen LogP) is 1.94. The van der Waals surface area contributed by atoms with Gasteiger partial charge >= 0.3 is 0 Å². The largest absolute Gasteiger partial charge is 0.382 e. The van der Waals surface area contributed by atoms with Crippen LogP contribution >= 0.6 is 0 Å². The van der Waals surface area contributed by atoms with E-state index in [9.17, 15) is 0 Å². The first-order valence-electron chi connectivity index (χ1n) is 4.48. The Morgan fingerprint density at radius 1 is 1.58 bits per heavy atom. The molecule has 3 nitrogen and oxygen atoms in total. The van der Waals surface area contributed by atoms with Gasteiger partial charge in [-0.05, 0) is 13.3 Å². The summed E-state index contributed by atoms with van der Waals surface area (Å²) in [5, 5.41) is 7.50. The second-order valence-corrected chi connectivity index (χ2v) is 3.05. The van der Waals surface area contributed by atoms with Crippen molar-refractivity contribution in [3.8, 4) is 0 Å². The zero-order valence-electron chi connectivity index (χ0n) is 8.09. The number of hydrogen-bond donors (Lipinski definition) is 1. The minimum absolute atomic E-state index is 1.04. The standard InChI is InChI=1S/C9H17N3/c1-4-5-6-10-9-7-11-12(3)8(9)2/h7,10H,4-6H2,1-3H3. The lowest BCUT2D eigenvalue weighted by Gasteiger charge is -2.03. The molecule has 1 rings (SSSR count). The molecule has 0 amide bonds. The van der Waals surface area contributed by atoms with Gasteiger partial charge in [-0.1, -0.05) is 13.3 Å². The van der Waals surface area contributed by atoms with Crippen LogP contribution in [0.4, 0.5) is 5.69 Å². The van der Waals surface area contributed by atoms with Crippen LogP contribution in [0.3, 0.4) is 0 Å². The number of aryl methyl sites for hydroxylation is 1. The van der Waals surface area contributed by atoms with Crippen LogP contribution in [0.2, 0.25) is 0 Å². The van der Waals surface area contributed by atoms with Crippen molar-refractivity contribution in [1.82, 2.24) is 9.78 Å². The summed E-state index contributed by atoms with van der Waals surface area (Å²) in [6.07, 6.45) is 4.33. The zero-order valence-corrected chi connectivity index (χ0v) is 8.09. The molecule has 0 saturated heterocycles. The Balaban J connectivity index is 2.46. The highest BCUT2D eigenvalue weighted by molar-refractivity contribution is 5.45. The van der Waals surface area contributed by atoms with Gasteiger partial charge in [0.15, 0.2) is 0 Å². The average Bonchev–Trinajstić information content (AvgIpc) is 2.36. The van der Waals surface area contributed by atoms with E-state index in [0.717, 1.165) is 12.2 Å². The highest BCUT2D eigenvalue weighted by atomic mass is 15.3. The highest BCUT2D eigenvalue weighted by Gasteiger charge is 2.00. The summed E-state index contributed by atoms with van der Waals surface area (Å²) >= 11 is 0. The summed E-state index contributed by atoms with van der Waals surface area (Å²) in [7, 11) is 1.96. The Kier molecular flexibility index (Phi) is 3.14. The molecule has 12 heavy (non-hydrogen) atoms. The van der Waals surface area contributed by atoms with Crippen LogP contribution in [-0.2, 0) is 7.05 Å². The molecule has 3 heteroatoms. The molecule has 1 N–H and O–H groups in total. The van der Waals surface area contributed by atoms with Gasteiger partial charge in [0.05, 0.1) is 17.6 Å². The first-order valence-corrected chi connectivity index (χ1v) is 4.48. The van der Waals surface area contributed by atoms with Gasteiger partial charge in [-0.15, -0.1) is 0 Å². The molecule has 0 atom stereocenters. The Bertz CT molecular complexity index is 240. The van der Waals surface area contributed by atoms with Gasteiger partial charge in [-0.25, -0.2) is 0 Å². The molecule has 0 aliphatic heterocycles. The van der Waals surface area contributed by atoms with Crippen molar-refractivity contribution in [2.75, 3.05) is 11.9 Å². The summed E-state index contributed by atoms with van der Waals surface area (Å²) < 4.78 is 1.88. The van der Waals surface area contributed by atoms with Crippen LogP contribution in [-0.4, -0.2) is 16.3 Å². The number of aromatic nitrogens is 2. The molecule has 0 fully saturated rings. The number of rotatable bonds is 4. The van der Waals surface area contributed by atoms with Gasteiger partial charge in [-0.3, -0.25) is 4.68 Å². The van der Waals surface area contributed by atoms with Crippen molar-refractivity contribution >= 4 is 5.69 Å². The van der Waals surface area contributed by atoms with Gasteiger partial charge in [0.2, 0.25) is 0 Å². The van der Waals surface area contributed by atoms with Crippen molar-refractivity contribution < 1.29 is 0 Å².